The van der Waals surface area contributed by atoms with Crippen LogP contribution in [0.15, 0.2) is 4.47 Å². The Morgan fingerprint density at radius 1 is 1.06 bits per heavy atom. The van der Waals surface area contributed by atoms with Crippen molar-refractivity contribution in [2.75, 3.05) is 19.8 Å². The molecule has 0 aromatic heterocycles. The molecule has 92 valence electrons. The van der Waals surface area contributed by atoms with Gasteiger partial charge >= 0.3 is 0 Å². The second kappa shape index (κ2) is 4.50. The van der Waals surface area contributed by atoms with Crippen molar-refractivity contribution in [3.05, 3.63) is 21.2 Å². The number of benzene rings is 1. The Hall–Kier alpha value is -0.740. The second-order valence-corrected chi connectivity index (χ2v) is 5.29. The zero-order chi connectivity index (χ0) is 11.8. The smallest absolute Gasteiger partial charge is 0.137 e. The lowest BCUT2D eigenvalue weighted by Gasteiger charge is -2.14. The minimum atomic E-state index is 0.723. The van der Waals surface area contributed by atoms with Gasteiger partial charge in [-0.25, -0.2) is 0 Å². The first-order valence-corrected chi connectivity index (χ1v) is 6.94. The third-order valence-corrected chi connectivity index (χ3v) is 4.32. The molecule has 0 aliphatic carbocycles. The van der Waals surface area contributed by atoms with E-state index in [1.54, 1.807) is 0 Å². The predicted octanol–water partition coefficient (Wildman–Crippen LogP) is 2.21. The molecule has 0 fully saturated rings. The van der Waals surface area contributed by atoms with E-state index in [-0.39, 0.29) is 0 Å². The molecular weight excluding hydrogens is 282 g/mol. The van der Waals surface area contributed by atoms with Crippen molar-refractivity contribution in [3.8, 4) is 11.5 Å². The summed E-state index contributed by atoms with van der Waals surface area (Å²) in [4.78, 5) is 0. The molecule has 1 aromatic rings. The molecule has 0 saturated carbocycles. The number of nitrogens with two attached hydrogens (primary N) is 1. The van der Waals surface area contributed by atoms with E-state index in [2.05, 4.69) is 15.9 Å². The van der Waals surface area contributed by atoms with Crippen LogP contribution in [0.25, 0.3) is 0 Å². The van der Waals surface area contributed by atoms with Crippen LogP contribution in [0.2, 0.25) is 0 Å². The summed E-state index contributed by atoms with van der Waals surface area (Å²) in [6.07, 6.45) is 3.97. The maximum Gasteiger partial charge on any atom is 0.137 e. The summed E-state index contributed by atoms with van der Waals surface area (Å²) in [6, 6.07) is 0. The second-order valence-electron chi connectivity index (χ2n) is 4.50. The minimum Gasteiger partial charge on any atom is -0.493 e. The quantitative estimate of drug-likeness (QED) is 0.930. The van der Waals surface area contributed by atoms with Crippen LogP contribution in [-0.2, 0) is 19.3 Å². The van der Waals surface area contributed by atoms with Crippen molar-refractivity contribution in [1.29, 1.82) is 0 Å². The van der Waals surface area contributed by atoms with Crippen LogP contribution in [0.3, 0.4) is 0 Å². The zero-order valence-corrected chi connectivity index (χ0v) is 11.3. The number of ether oxygens (including phenoxy) is 2. The Bertz CT molecular complexity index is 424. The Morgan fingerprint density at radius 3 is 2.53 bits per heavy atom. The van der Waals surface area contributed by atoms with Crippen LogP contribution < -0.4 is 15.2 Å². The maximum absolute atomic E-state index is 5.81. The SMILES string of the molecule is NCCCc1c2c(c(Br)c3c1OCC3)OCC2. The molecule has 0 saturated heterocycles. The van der Waals surface area contributed by atoms with Gasteiger partial charge in [0, 0.05) is 29.5 Å². The van der Waals surface area contributed by atoms with E-state index in [1.165, 1.54) is 16.7 Å². The monoisotopic (exact) mass is 297 g/mol. The standard InChI is InChI=1S/C13H16BrNO2/c14-11-10-4-7-16-12(10)8(2-1-5-15)9-3-6-17-13(9)11/h1-7,15H2. The lowest BCUT2D eigenvalue weighted by molar-refractivity contribution is 0.352. The molecule has 3 nitrogen and oxygen atoms in total. The van der Waals surface area contributed by atoms with E-state index in [9.17, 15) is 0 Å². The van der Waals surface area contributed by atoms with E-state index in [4.69, 9.17) is 15.2 Å². The van der Waals surface area contributed by atoms with Crippen LogP contribution in [0.1, 0.15) is 23.1 Å². The molecule has 2 aliphatic rings. The van der Waals surface area contributed by atoms with Gasteiger partial charge in [0.25, 0.3) is 0 Å². The Kier molecular flexibility index (Phi) is 3.01. The van der Waals surface area contributed by atoms with Crippen LogP contribution in [0, 0.1) is 0 Å². The highest BCUT2D eigenvalue weighted by Gasteiger charge is 2.29. The van der Waals surface area contributed by atoms with Crippen molar-refractivity contribution in [3.63, 3.8) is 0 Å². The predicted molar refractivity (Wildman–Crippen MR) is 69.9 cm³/mol. The minimum absolute atomic E-state index is 0.723. The van der Waals surface area contributed by atoms with Crippen LogP contribution in [0.4, 0.5) is 0 Å². The maximum atomic E-state index is 5.81. The summed E-state index contributed by atoms with van der Waals surface area (Å²) in [5.41, 5.74) is 9.55. The Balaban J connectivity index is 2.12. The van der Waals surface area contributed by atoms with E-state index >= 15 is 0 Å². The summed E-state index contributed by atoms with van der Waals surface area (Å²) < 4.78 is 12.7. The van der Waals surface area contributed by atoms with Crippen LogP contribution >= 0.6 is 15.9 Å². The van der Waals surface area contributed by atoms with Gasteiger partial charge in [0.1, 0.15) is 11.5 Å². The van der Waals surface area contributed by atoms with Crippen molar-refractivity contribution >= 4 is 15.9 Å². The van der Waals surface area contributed by atoms with Gasteiger partial charge in [-0.2, -0.15) is 0 Å². The first-order valence-electron chi connectivity index (χ1n) is 6.14. The molecule has 3 rings (SSSR count). The van der Waals surface area contributed by atoms with Gasteiger partial charge in [0.05, 0.1) is 17.7 Å². The average Bonchev–Trinajstić information content (AvgIpc) is 2.97. The molecule has 2 heterocycles. The van der Waals surface area contributed by atoms with Gasteiger partial charge in [0.15, 0.2) is 0 Å². The largest absolute Gasteiger partial charge is 0.493 e. The molecule has 0 spiro atoms. The third-order valence-electron chi connectivity index (χ3n) is 3.48. The summed E-state index contributed by atoms with van der Waals surface area (Å²) >= 11 is 3.66. The summed E-state index contributed by atoms with van der Waals surface area (Å²) in [5.74, 6) is 2.14. The number of halogens is 1. The molecular formula is C13H16BrNO2. The molecule has 0 amide bonds. The first-order chi connectivity index (χ1) is 8.33. The van der Waals surface area contributed by atoms with Gasteiger partial charge in [0.2, 0.25) is 0 Å². The number of fused-ring (bicyclic) bond motifs is 2. The molecule has 2 N–H and O–H groups in total. The highest BCUT2D eigenvalue weighted by atomic mass is 79.9. The summed E-state index contributed by atoms with van der Waals surface area (Å²) in [6.45, 7) is 2.29. The van der Waals surface area contributed by atoms with E-state index in [0.29, 0.717) is 0 Å². The zero-order valence-electron chi connectivity index (χ0n) is 9.72. The molecule has 0 atom stereocenters. The van der Waals surface area contributed by atoms with Crippen LogP contribution in [0.5, 0.6) is 11.5 Å². The normalized spacial score (nSPS) is 16.4. The molecule has 0 unspecified atom stereocenters. The molecule has 1 aromatic carbocycles. The van der Waals surface area contributed by atoms with Crippen LogP contribution in [-0.4, -0.2) is 19.8 Å². The van der Waals surface area contributed by atoms with Gasteiger partial charge in [-0.15, -0.1) is 0 Å². The fourth-order valence-corrected chi connectivity index (χ4v) is 3.42. The van der Waals surface area contributed by atoms with Gasteiger partial charge in [-0.3, -0.25) is 0 Å². The number of hydrogen-bond donors (Lipinski definition) is 1. The molecule has 17 heavy (non-hydrogen) atoms. The highest BCUT2D eigenvalue weighted by Crippen LogP contribution is 2.47. The van der Waals surface area contributed by atoms with Crippen molar-refractivity contribution in [1.82, 2.24) is 0 Å². The topological polar surface area (TPSA) is 44.5 Å². The number of rotatable bonds is 3. The van der Waals surface area contributed by atoms with Crippen molar-refractivity contribution < 1.29 is 9.47 Å². The molecule has 0 radical (unpaired) electrons. The molecule has 2 aliphatic heterocycles. The van der Waals surface area contributed by atoms with Crippen molar-refractivity contribution in [2.24, 2.45) is 5.73 Å². The molecule has 4 heteroatoms. The van der Waals surface area contributed by atoms with Gasteiger partial charge in [-0.05, 0) is 35.3 Å². The third kappa shape index (κ3) is 1.74. The van der Waals surface area contributed by atoms with E-state index < -0.39 is 0 Å². The Morgan fingerprint density at radius 2 is 1.76 bits per heavy atom. The highest BCUT2D eigenvalue weighted by molar-refractivity contribution is 9.10. The summed E-state index contributed by atoms with van der Waals surface area (Å²) in [7, 11) is 0. The summed E-state index contributed by atoms with van der Waals surface area (Å²) in [5, 5.41) is 0. The fraction of sp³-hybridized carbons (Fsp3) is 0.538. The van der Waals surface area contributed by atoms with E-state index in [1.807, 2.05) is 0 Å². The first kappa shape index (κ1) is 11.4. The van der Waals surface area contributed by atoms with Gasteiger partial charge < -0.3 is 15.2 Å². The Labute approximate surface area is 109 Å². The lowest BCUT2D eigenvalue weighted by Crippen LogP contribution is -2.04. The van der Waals surface area contributed by atoms with E-state index in [0.717, 1.165) is 61.4 Å². The molecule has 0 bridgehead atoms. The lowest BCUT2D eigenvalue weighted by atomic mass is 9.96. The van der Waals surface area contributed by atoms with Gasteiger partial charge in [-0.1, -0.05) is 0 Å². The average molecular weight is 298 g/mol. The fourth-order valence-electron chi connectivity index (χ4n) is 2.69. The van der Waals surface area contributed by atoms with Crippen molar-refractivity contribution in [2.45, 2.75) is 25.7 Å². The number of hydrogen-bond acceptors (Lipinski definition) is 3.